The van der Waals surface area contributed by atoms with Crippen molar-refractivity contribution in [2.75, 3.05) is 31.1 Å². The Morgan fingerprint density at radius 3 is 2.32 bits per heavy atom. The van der Waals surface area contributed by atoms with Crippen LogP contribution in [0.2, 0.25) is 0 Å². The molecule has 22 heavy (non-hydrogen) atoms. The first-order chi connectivity index (χ1) is 10.3. The lowest BCUT2D eigenvalue weighted by Gasteiger charge is -2.28. The average molecular weight is 332 g/mol. The van der Waals surface area contributed by atoms with Crippen molar-refractivity contribution in [2.45, 2.75) is 52.5 Å². The van der Waals surface area contributed by atoms with Gasteiger partial charge in [0.15, 0.2) is 9.84 Å². The summed E-state index contributed by atoms with van der Waals surface area (Å²) in [5.74, 6) is 0.149. The van der Waals surface area contributed by atoms with E-state index in [9.17, 15) is 18.0 Å². The van der Waals surface area contributed by atoms with E-state index >= 15 is 0 Å². The predicted octanol–water partition coefficient (Wildman–Crippen LogP) is 1.06. The third kappa shape index (κ3) is 5.59. The van der Waals surface area contributed by atoms with Crippen molar-refractivity contribution >= 4 is 21.7 Å². The second-order valence-electron chi connectivity index (χ2n) is 5.85. The van der Waals surface area contributed by atoms with E-state index in [0.717, 1.165) is 12.8 Å². The molecule has 128 valence electrons. The van der Waals surface area contributed by atoms with Gasteiger partial charge >= 0.3 is 0 Å². The van der Waals surface area contributed by atoms with Gasteiger partial charge in [0.25, 0.3) is 0 Å². The Hall–Kier alpha value is -1.11. The minimum absolute atomic E-state index is 0.0206. The van der Waals surface area contributed by atoms with Gasteiger partial charge in [0, 0.05) is 39.0 Å². The van der Waals surface area contributed by atoms with E-state index in [2.05, 4.69) is 6.92 Å². The molecule has 1 atom stereocenters. The van der Waals surface area contributed by atoms with Crippen LogP contribution in [0.1, 0.15) is 46.5 Å². The zero-order chi connectivity index (χ0) is 16.8. The molecule has 1 aliphatic rings. The Balaban J connectivity index is 2.56. The van der Waals surface area contributed by atoms with Gasteiger partial charge in [-0.15, -0.1) is 0 Å². The molecule has 7 heteroatoms. The Labute approximate surface area is 133 Å². The lowest BCUT2D eigenvalue weighted by molar-refractivity contribution is -0.134. The SMILES string of the molecule is CCCCN(CCC(=O)N(CC)C1CCS(=O)(=O)C1)C(C)=O. The van der Waals surface area contributed by atoms with Crippen LogP contribution in [-0.4, -0.2) is 67.2 Å². The maximum atomic E-state index is 12.4. The highest BCUT2D eigenvalue weighted by atomic mass is 32.2. The number of nitrogens with zero attached hydrogens (tertiary/aromatic N) is 2. The van der Waals surface area contributed by atoms with E-state index in [1.165, 1.54) is 6.92 Å². The molecule has 0 aromatic rings. The van der Waals surface area contributed by atoms with Gasteiger partial charge in [0.2, 0.25) is 11.8 Å². The van der Waals surface area contributed by atoms with Gasteiger partial charge in [-0.2, -0.15) is 0 Å². The van der Waals surface area contributed by atoms with E-state index in [0.29, 0.717) is 26.1 Å². The fourth-order valence-corrected chi connectivity index (χ4v) is 4.54. The van der Waals surface area contributed by atoms with Gasteiger partial charge in [-0.25, -0.2) is 8.42 Å². The Morgan fingerprint density at radius 2 is 1.86 bits per heavy atom. The molecule has 1 unspecified atom stereocenters. The Bertz CT molecular complexity index is 490. The largest absolute Gasteiger partial charge is 0.342 e. The number of amides is 2. The molecule has 0 aromatic carbocycles. The van der Waals surface area contributed by atoms with Crippen LogP contribution in [0, 0.1) is 0 Å². The number of unbranched alkanes of at least 4 members (excludes halogenated alkanes) is 1. The summed E-state index contributed by atoms with van der Waals surface area (Å²) in [6.07, 6.45) is 2.70. The lowest BCUT2D eigenvalue weighted by atomic mass is 10.2. The highest BCUT2D eigenvalue weighted by molar-refractivity contribution is 7.91. The summed E-state index contributed by atoms with van der Waals surface area (Å²) < 4.78 is 23.1. The summed E-state index contributed by atoms with van der Waals surface area (Å²) in [6, 6.07) is -0.205. The number of hydrogen-bond donors (Lipinski definition) is 0. The third-order valence-electron chi connectivity index (χ3n) is 4.13. The minimum atomic E-state index is -3.00. The van der Waals surface area contributed by atoms with Gasteiger partial charge in [0.1, 0.15) is 0 Å². The van der Waals surface area contributed by atoms with Gasteiger partial charge < -0.3 is 9.80 Å². The van der Waals surface area contributed by atoms with Crippen molar-refractivity contribution in [1.29, 1.82) is 0 Å². The highest BCUT2D eigenvalue weighted by Gasteiger charge is 2.33. The van der Waals surface area contributed by atoms with Crippen LogP contribution in [0.3, 0.4) is 0 Å². The van der Waals surface area contributed by atoms with Crippen LogP contribution in [0.4, 0.5) is 0 Å². The maximum Gasteiger partial charge on any atom is 0.224 e. The molecule has 0 N–H and O–H groups in total. The molecule has 1 rings (SSSR count). The Morgan fingerprint density at radius 1 is 1.18 bits per heavy atom. The summed E-state index contributed by atoms with van der Waals surface area (Å²) in [6.45, 7) is 7.02. The number of carbonyl (C=O) groups is 2. The van der Waals surface area contributed by atoms with Gasteiger partial charge in [-0.05, 0) is 19.8 Å². The van der Waals surface area contributed by atoms with Crippen molar-refractivity contribution in [2.24, 2.45) is 0 Å². The molecule has 0 spiro atoms. The standard InChI is InChI=1S/C15H28N2O4S/c1-4-6-9-16(13(3)18)10-7-15(19)17(5-2)14-8-11-22(20,21)12-14/h14H,4-12H2,1-3H3. The quantitative estimate of drug-likeness (QED) is 0.666. The summed E-state index contributed by atoms with van der Waals surface area (Å²) >= 11 is 0. The summed E-state index contributed by atoms with van der Waals surface area (Å²) in [5.41, 5.74) is 0. The monoisotopic (exact) mass is 332 g/mol. The van der Waals surface area contributed by atoms with Crippen LogP contribution >= 0.6 is 0 Å². The second kappa shape index (κ2) is 8.50. The van der Waals surface area contributed by atoms with Crippen molar-refractivity contribution in [1.82, 2.24) is 9.80 Å². The molecule has 1 aliphatic heterocycles. The zero-order valence-electron chi connectivity index (χ0n) is 13.9. The molecule has 0 radical (unpaired) electrons. The van der Waals surface area contributed by atoms with Crippen molar-refractivity contribution in [3.63, 3.8) is 0 Å². The molecule has 1 saturated heterocycles. The minimum Gasteiger partial charge on any atom is -0.342 e. The van der Waals surface area contributed by atoms with Crippen LogP contribution in [-0.2, 0) is 19.4 Å². The fraction of sp³-hybridized carbons (Fsp3) is 0.867. The van der Waals surface area contributed by atoms with E-state index in [1.807, 2.05) is 6.92 Å². The summed E-state index contributed by atoms with van der Waals surface area (Å²) in [7, 11) is -3.00. The van der Waals surface area contributed by atoms with Crippen LogP contribution in [0.15, 0.2) is 0 Å². The van der Waals surface area contributed by atoms with E-state index in [4.69, 9.17) is 0 Å². The third-order valence-corrected chi connectivity index (χ3v) is 5.88. The van der Waals surface area contributed by atoms with Crippen molar-refractivity contribution < 1.29 is 18.0 Å². The highest BCUT2D eigenvalue weighted by Crippen LogP contribution is 2.18. The molecule has 0 aliphatic carbocycles. The smallest absolute Gasteiger partial charge is 0.224 e. The van der Waals surface area contributed by atoms with Gasteiger partial charge in [-0.1, -0.05) is 13.3 Å². The van der Waals surface area contributed by atoms with Crippen LogP contribution < -0.4 is 0 Å². The van der Waals surface area contributed by atoms with Crippen LogP contribution in [0.25, 0.3) is 0 Å². The van der Waals surface area contributed by atoms with Gasteiger partial charge in [0.05, 0.1) is 11.5 Å². The van der Waals surface area contributed by atoms with E-state index in [-0.39, 0.29) is 35.8 Å². The molecular weight excluding hydrogens is 304 g/mol. The topological polar surface area (TPSA) is 74.8 Å². The number of sulfone groups is 1. The summed E-state index contributed by atoms with van der Waals surface area (Å²) in [5, 5.41) is 0. The van der Waals surface area contributed by atoms with Crippen molar-refractivity contribution in [3.8, 4) is 0 Å². The molecular formula is C15H28N2O4S. The molecule has 0 bridgehead atoms. The van der Waals surface area contributed by atoms with Gasteiger partial charge in [-0.3, -0.25) is 9.59 Å². The fourth-order valence-electron chi connectivity index (χ4n) is 2.81. The first-order valence-corrected chi connectivity index (χ1v) is 9.88. The van der Waals surface area contributed by atoms with E-state index in [1.54, 1.807) is 9.80 Å². The normalized spacial score (nSPS) is 19.9. The second-order valence-corrected chi connectivity index (χ2v) is 8.07. The first-order valence-electron chi connectivity index (χ1n) is 8.06. The van der Waals surface area contributed by atoms with E-state index < -0.39 is 9.84 Å². The zero-order valence-corrected chi connectivity index (χ0v) is 14.7. The number of carbonyl (C=O) groups excluding carboxylic acids is 2. The number of rotatable bonds is 8. The van der Waals surface area contributed by atoms with Crippen molar-refractivity contribution in [3.05, 3.63) is 0 Å². The summed E-state index contributed by atoms with van der Waals surface area (Å²) in [4.78, 5) is 27.3. The Kier molecular flexibility index (Phi) is 7.32. The number of hydrogen-bond acceptors (Lipinski definition) is 4. The maximum absolute atomic E-state index is 12.4. The molecule has 0 saturated carbocycles. The molecule has 1 heterocycles. The predicted molar refractivity (Wildman–Crippen MR) is 86.2 cm³/mol. The molecule has 0 aromatic heterocycles. The first kappa shape index (κ1) is 18.9. The lowest BCUT2D eigenvalue weighted by Crippen LogP contribution is -2.42. The average Bonchev–Trinajstić information content (AvgIpc) is 2.79. The van der Waals surface area contributed by atoms with Crippen LogP contribution in [0.5, 0.6) is 0 Å². The molecule has 1 fully saturated rings. The molecule has 6 nitrogen and oxygen atoms in total. The molecule has 2 amide bonds.